The fourth-order valence-electron chi connectivity index (χ4n) is 3.35. The summed E-state index contributed by atoms with van der Waals surface area (Å²) in [7, 11) is 1.99. The van der Waals surface area contributed by atoms with Crippen LogP contribution in [0.1, 0.15) is 45.1 Å². The molecule has 1 N–H and O–H groups in total. The first-order valence-electron chi connectivity index (χ1n) is 7.82. The Morgan fingerprint density at radius 3 is 2.40 bits per heavy atom. The lowest BCUT2D eigenvalue weighted by Crippen LogP contribution is -2.40. The van der Waals surface area contributed by atoms with Crippen LogP contribution in [-0.2, 0) is 6.54 Å². The van der Waals surface area contributed by atoms with Gasteiger partial charge in [0.2, 0.25) is 0 Å². The van der Waals surface area contributed by atoms with Crippen molar-refractivity contribution in [2.75, 3.05) is 25.0 Å². The second-order valence-corrected chi connectivity index (χ2v) is 6.43. The SMILES string of the molecule is CCC1(CC)CCN(c2cc(Cl)ccc2CNC)CC1. The normalized spacial score (nSPS) is 18.3. The third-order valence-corrected chi connectivity index (χ3v) is 5.31. The number of benzene rings is 1. The van der Waals surface area contributed by atoms with Crippen molar-refractivity contribution >= 4 is 17.3 Å². The van der Waals surface area contributed by atoms with Crippen LogP contribution in [-0.4, -0.2) is 20.1 Å². The van der Waals surface area contributed by atoms with Crippen LogP contribution in [0.5, 0.6) is 0 Å². The Hall–Kier alpha value is -0.730. The highest BCUT2D eigenvalue weighted by Gasteiger charge is 2.31. The Labute approximate surface area is 128 Å². The lowest BCUT2D eigenvalue weighted by Gasteiger charge is -2.42. The molecule has 0 saturated carbocycles. The fraction of sp³-hybridized carbons (Fsp3) is 0.647. The van der Waals surface area contributed by atoms with E-state index in [2.05, 4.69) is 36.2 Å². The highest BCUT2D eigenvalue weighted by Crippen LogP contribution is 2.40. The topological polar surface area (TPSA) is 15.3 Å². The average Bonchev–Trinajstić information content (AvgIpc) is 2.49. The van der Waals surface area contributed by atoms with Gasteiger partial charge in [-0.2, -0.15) is 0 Å². The summed E-state index contributed by atoms with van der Waals surface area (Å²) >= 11 is 6.20. The third kappa shape index (κ3) is 3.29. The summed E-state index contributed by atoms with van der Waals surface area (Å²) in [6, 6.07) is 6.26. The van der Waals surface area contributed by atoms with Crippen LogP contribution in [0.25, 0.3) is 0 Å². The summed E-state index contributed by atoms with van der Waals surface area (Å²) in [5, 5.41) is 4.09. The fourth-order valence-corrected chi connectivity index (χ4v) is 3.52. The summed E-state index contributed by atoms with van der Waals surface area (Å²) < 4.78 is 0. The van der Waals surface area contributed by atoms with Crippen molar-refractivity contribution in [2.24, 2.45) is 5.41 Å². The van der Waals surface area contributed by atoms with Crippen molar-refractivity contribution in [3.63, 3.8) is 0 Å². The van der Waals surface area contributed by atoms with Gasteiger partial charge in [-0.15, -0.1) is 0 Å². The van der Waals surface area contributed by atoms with Crippen LogP contribution < -0.4 is 10.2 Å². The minimum Gasteiger partial charge on any atom is -0.371 e. The van der Waals surface area contributed by atoms with E-state index in [4.69, 9.17) is 11.6 Å². The van der Waals surface area contributed by atoms with Crippen molar-refractivity contribution < 1.29 is 0 Å². The average molecular weight is 295 g/mol. The number of nitrogens with one attached hydrogen (secondary N) is 1. The largest absolute Gasteiger partial charge is 0.371 e. The molecule has 0 amide bonds. The first-order valence-corrected chi connectivity index (χ1v) is 8.20. The van der Waals surface area contributed by atoms with Gasteiger partial charge in [0.1, 0.15) is 0 Å². The zero-order valence-electron chi connectivity index (χ0n) is 13.0. The van der Waals surface area contributed by atoms with E-state index in [0.717, 1.165) is 24.7 Å². The molecular formula is C17H27ClN2. The predicted molar refractivity (Wildman–Crippen MR) is 88.7 cm³/mol. The molecule has 20 heavy (non-hydrogen) atoms. The van der Waals surface area contributed by atoms with Crippen LogP contribution in [0, 0.1) is 5.41 Å². The molecule has 0 unspecified atom stereocenters. The summed E-state index contributed by atoms with van der Waals surface area (Å²) in [5.41, 5.74) is 3.23. The molecule has 1 aromatic rings. The van der Waals surface area contributed by atoms with E-state index in [-0.39, 0.29) is 0 Å². The van der Waals surface area contributed by atoms with Gasteiger partial charge in [-0.25, -0.2) is 0 Å². The molecule has 1 fully saturated rings. The first-order chi connectivity index (χ1) is 9.64. The first kappa shape index (κ1) is 15.7. The molecule has 112 valence electrons. The van der Waals surface area contributed by atoms with E-state index in [1.165, 1.54) is 36.9 Å². The molecule has 1 heterocycles. The monoisotopic (exact) mass is 294 g/mol. The van der Waals surface area contributed by atoms with Gasteiger partial charge in [-0.05, 0) is 43.0 Å². The van der Waals surface area contributed by atoms with Gasteiger partial charge >= 0.3 is 0 Å². The van der Waals surface area contributed by atoms with Crippen LogP contribution >= 0.6 is 11.6 Å². The van der Waals surface area contributed by atoms with Crippen molar-refractivity contribution in [3.8, 4) is 0 Å². The third-order valence-electron chi connectivity index (χ3n) is 5.08. The Morgan fingerprint density at radius 1 is 1.20 bits per heavy atom. The number of hydrogen-bond acceptors (Lipinski definition) is 2. The van der Waals surface area contributed by atoms with E-state index in [0.29, 0.717) is 5.41 Å². The molecule has 1 aromatic carbocycles. The molecular weight excluding hydrogens is 268 g/mol. The summed E-state index contributed by atoms with van der Waals surface area (Å²) in [4.78, 5) is 2.52. The molecule has 0 aromatic heterocycles. The summed E-state index contributed by atoms with van der Waals surface area (Å²) in [6.07, 6.45) is 5.20. The lowest BCUT2D eigenvalue weighted by atomic mass is 9.74. The standard InChI is InChI=1S/C17H27ClN2/c1-4-17(5-2)8-10-20(11-9-17)16-12-15(18)7-6-14(16)13-19-3/h6-7,12,19H,4-5,8-11,13H2,1-3H3. The summed E-state index contributed by atoms with van der Waals surface area (Å²) in [5.74, 6) is 0. The maximum Gasteiger partial charge on any atom is 0.0426 e. The maximum atomic E-state index is 6.20. The molecule has 2 rings (SSSR count). The van der Waals surface area contributed by atoms with Crippen LogP contribution in [0.15, 0.2) is 18.2 Å². The Kier molecular flexibility index (Phi) is 5.34. The minimum atomic E-state index is 0.568. The molecule has 3 heteroatoms. The van der Waals surface area contributed by atoms with Crippen LogP contribution in [0.3, 0.4) is 0 Å². The molecule has 2 nitrogen and oxygen atoms in total. The Balaban J connectivity index is 2.15. The van der Waals surface area contributed by atoms with Crippen molar-refractivity contribution in [1.82, 2.24) is 5.32 Å². The predicted octanol–water partition coefficient (Wildman–Crippen LogP) is 4.47. The number of halogens is 1. The van der Waals surface area contributed by atoms with Crippen LogP contribution in [0.2, 0.25) is 5.02 Å². The number of piperidine rings is 1. The molecule has 0 spiro atoms. The molecule has 0 bridgehead atoms. The van der Waals surface area contributed by atoms with Crippen molar-refractivity contribution in [1.29, 1.82) is 0 Å². The number of nitrogens with zero attached hydrogens (tertiary/aromatic N) is 1. The zero-order valence-corrected chi connectivity index (χ0v) is 13.8. The van der Waals surface area contributed by atoms with E-state index in [1.807, 2.05) is 13.1 Å². The highest BCUT2D eigenvalue weighted by molar-refractivity contribution is 6.30. The van der Waals surface area contributed by atoms with E-state index < -0.39 is 0 Å². The van der Waals surface area contributed by atoms with Gasteiger partial charge in [0.15, 0.2) is 0 Å². The maximum absolute atomic E-state index is 6.20. The van der Waals surface area contributed by atoms with Crippen molar-refractivity contribution in [3.05, 3.63) is 28.8 Å². The smallest absolute Gasteiger partial charge is 0.0426 e. The van der Waals surface area contributed by atoms with Gasteiger partial charge in [0.25, 0.3) is 0 Å². The second kappa shape index (κ2) is 6.82. The van der Waals surface area contributed by atoms with E-state index in [1.54, 1.807) is 0 Å². The lowest BCUT2D eigenvalue weighted by molar-refractivity contribution is 0.199. The van der Waals surface area contributed by atoms with E-state index in [9.17, 15) is 0 Å². The van der Waals surface area contributed by atoms with Crippen molar-refractivity contribution in [2.45, 2.75) is 46.1 Å². The Bertz CT molecular complexity index is 431. The number of rotatable bonds is 5. The Morgan fingerprint density at radius 2 is 1.85 bits per heavy atom. The quantitative estimate of drug-likeness (QED) is 0.862. The van der Waals surface area contributed by atoms with Gasteiger partial charge in [-0.1, -0.05) is 44.4 Å². The van der Waals surface area contributed by atoms with Crippen LogP contribution in [0.4, 0.5) is 5.69 Å². The highest BCUT2D eigenvalue weighted by atomic mass is 35.5. The van der Waals surface area contributed by atoms with Gasteiger partial charge < -0.3 is 10.2 Å². The zero-order chi connectivity index (χ0) is 14.6. The van der Waals surface area contributed by atoms with E-state index >= 15 is 0 Å². The molecule has 0 aliphatic carbocycles. The molecule has 1 saturated heterocycles. The molecule has 1 aliphatic heterocycles. The molecule has 1 aliphatic rings. The number of anilines is 1. The van der Waals surface area contributed by atoms with Gasteiger partial charge in [0, 0.05) is 30.3 Å². The van der Waals surface area contributed by atoms with Gasteiger partial charge in [0.05, 0.1) is 0 Å². The van der Waals surface area contributed by atoms with Gasteiger partial charge in [-0.3, -0.25) is 0 Å². The molecule has 0 atom stereocenters. The number of hydrogen-bond donors (Lipinski definition) is 1. The minimum absolute atomic E-state index is 0.568. The summed E-state index contributed by atoms with van der Waals surface area (Å²) in [6.45, 7) is 7.88. The second-order valence-electron chi connectivity index (χ2n) is 6.00. The molecule has 0 radical (unpaired) electrons.